The third kappa shape index (κ3) is 4.35. The lowest BCUT2D eigenvalue weighted by atomic mass is 10.2. The van der Waals surface area contributed by atoms with Crippen LogP contribution in [0.2, 0.25) is 0 Å². The minimum atomic E-state index is -3.06. The fourth-order valence-corrected chi connectivity index (χ4v) is 2.45. The number of nitrogens with zero attached hydrogens (tertiary/aromatic N) is 1. The minimum Gasteiger partial charge on any atom is -0.490 e. The van der Waals surface area contributed by atoms with E-state index in [9.17, 15) is 12.8 Å². The Balaban J connectivity index is 2.10. The predicted octanol–water partition coefficient (Wildman–Crippen LogP) is 0.659. The van der Waals surface area contributed by atoms with E-state index in [2.05, 4.69) is 5.32 Å². The molecular weight excluding hydrogens is 283 g/mol. The van der Waals surface area contributed by atoms with Crippen LogP contribution >= 0.6 is 0 Å². The molecule has 1 aliphatic heterocycles. The molecule has 2 rings (SSSR count). The van der Waals surface area contributed by atoms with Gasteiger partial charge in [-0.25, -0.2) is 12.8 Å². The Labute approximate surface area is 118 Å². The molecule has 7 heteroatoms. The van der Waals surface area contributed by atoms with Gasteiger partial charge in [0.2, 0.25) is 0 Å². The molecule has 0 aliphatic carbocycles. The average Bonchev–Trinajstić information content (AvgIpc) is 2.40. The van der Waals surface area contributed by atoms with Crippen molar-refractivity contribution in [1.29, 1.82) is 0 Å². The first kappa shape index (κ1) is 15.1. The molecule has 5 nitrogen and oxygen atoms in total. The van der Waals surface area contributed by atoms with Crippen molar-refractivity contribution in [3.63, 3.8) is 0 Å². The Kier molecular flexibility index (Phi) is 4.82. The van der Waals surface area contributed by atoms with Crippen LogP contribution < -0.4 is 15.0 Å². The van der Waals surface area contributed by atoms with Gasteiger partial charge in [-0.1, -0.05) is 0 Å². The van der Waals surface area contributed by atoms with Gasteiger partial charge in [0, 0.05) is 38.5 Å². The summed E-state index contributed by atoms with van der Waals surface area (Å²) in [5.74, 6) is 0.150. The monoisotopic (exact) mass is 302 g/mol. The molecule has 0 atom stereocenters. The maximum absolute atomic E-state index is 13.4. The van der Waals surface area contributed by atoms with E-state index in [0.717, 1.165) is 32.4 Å². The standard InChI is InChI=1S/C13H19FN2O3S/c1-20(17,18)9-8-19-13-3-2-11(14)10-12(13)16-6-4-15-5-7-16/h2-3,10,15H,4-9H2,1H3. The van der Waals surface area contributed by atoms with Gasteiger partial charge in [0.05, 0.1) is 11.4 Å². The second-order valence-electron chi connectivity index (χ2n) is 4.83. The van der Waals surface area contributed by atoms with Crippen LogP contribution in [-0.2, 0) is 9.84 Å². The summed E-state index contributed by atoms with van der Waals surface area (Å²) in [7, 11) is -3.06. The maximum atomic E-state index is 13.4. The van der Waals surface area contributed by atoms with Crippen molar-refractivity contribution in [2.24, 2.45) is 0 Å². The molecule has 0 unspecified atom stereocenters. The SMILES string of the molecule is CS(=O)(=O)CCOc1ccc(F)cc1N1CCNCC1. The van der Waals surface area contributed by atoms with Crippen LogP contribution in [0.3, 0.4) is 0 Å². The number of hydrogen-bond acceptors (Lipinski definition) is 5. The second-order valence-corrected chi connectivity index (χ2v) is 7.09. The van der Waals surface area contributed by atoms with E-state index in [0.29, 0.717) is 11.4 Å². The Morgan fingerprint density at radius 1 is 1.35 bits per heavy atom. The molecule has 1 aliphatic rings. The first-order valence-corrected chi connectivity index (χ1v) is 8.57. The molecule has 0 amide bonds. The van der Waals surface area contributed by atoms with Crippen LogP contribution in [0.4, 0.5) is 10.1 Å². The van der Waals surface area contributed by atoms with Crippen molar-refractivity contribution in [3.8, 4) is 5.75 Å². The summed E-state index contributed by atoms with van der Waals surface area (Å²) < 4.78 is 41.1. The number of anilines is 1. The van der Waals surface area contributed by atoms with Gasteiger partial charge in [-0.3, -0.25) is 0 Å². The van der Waals surface area contributed by atoms with Gasteiger partial charge in [0.15, 0.2) is 9.84 Å². The lowest BCUT2D eigenvalue weighted by Crippen LogP contribution is -2.43. The third-order valence-corrected chi connectivity index (χ3v) is 4.00. The summed E-state index contributed by atoms with van der Waals surface area (Å²) in [6, 6.07) is 4.30. The summed E-state index contributed by atoms with van der Waals surface area (Å²) in [6.07, 6.45) is 1.16. The Morgan fingerprint density at radius 3 is 2.70 bits per heavy atom. The molecule has 1 fully saturated rings. The van der Waals surface area contributed by atoms with E-state index in [-0.39, 0.29) is 18.2 Å². The van der Waals surface area contributed by atoms with Gasteiger partial charge in [0.1, 0.15) is 18.2 Å². The van der Waals surface area contributed by atoms with Crippen molar-refractivity contribution in [2.75, 3.05) is 49.7 Å². The van der Waals surface area contributed by atoms with Crippen LogP contribution in [-0.4, -0.2) is 53.2 Å². The maximum Gasteiger partial charge on any atom is 0.150 e. The van der Waals surface area contributed by atoms with Gasteiger partial charge in [-0.05, 0) is 12.1 Å². The number of benzene rings is 1. The highest BCUT2D eigenvalue weighted by Crippen LogP contribution is 2.29. The Hall–Kier alpha value is -1.34. The van der Waals surface area contributed by atoms with Gasteiger partial charge in [-0.15, -0.1) is 0 Å². The molecule has 1 aromatic carbocycles. The third-order valence-electron chi connectivity index (χ3n) is 3.09. The summed E-state index contributed by atoms with van der Waals surface area (Å²) in [6.45, 7) is 3.28. The fourth-order valence-electron chi connectivity index (χ4n) is 2.07. The number of sulfone groups is 1. The average molecular weight is 302 g/mol. The molecule has 1 heterocycles. The van der Waals surface area contributed by atoms with Crippen LogP contribution in [0, 0.1) is 5.82 Å². The number of ether oxygens (including phenoxy) is 1. The first-order valence-electron chi connectivity index (χ1n) is 6.51. The number of piperazine rings is 1. The minimum absolute atomic E-state index is 0.0502. The molecule has 112 valence electrons. The second kappa shape index (κ2) is 6.41. The summed E-state index contributed by atoms with van der Waals surface area (Å²) in [4.78, 5) is 2.04. The van der Waals surface area contributed by atoms with Crippen molar-refractivity contribution in [1.82, 2.24) is 5.32 Å². The zero-order valence-electron chi connectivity index (χ0n) is 11.4. The van der Waals surface area contributed by atoms with E-state index in [4.69, 9.17) is 4.74 Å². The highest BCUT2D eigenvalue weighted by Gasteiger charge is 2.16. The molecule has 0 spiro atoms. The van der Waals surface area contributed by atoms with E-state index in [1.807, 2.05) is 4.90 Å². The highest BCUT2D eigenvalue weighted by atomic mass is 32.2. The van der Waals surface area contributed by atoms with Crippen molar-refractivity contribution >= 4 is 15.5 Å². The summed E-state index contributed by atoms with van der Waals surface area (Å²) in [5, 5.41) is 3.23. The molecule has 0 aromatic heterocycles. The highest BCUT2D eigenvalue weighted by molar-refractivity contribution is 7.90. The van der Waals surface area contributed by atoms with Crippen molar-refractivity contribution in [2.45, 2.75) is 0 Å². The van der Waals surface area contributed by atoms with Gasteiger partial charge < -0.3 is 15.0 Å². The predicted molar refractivity (Wildman–Crippen MR) is 76.7 cm³/mol. The molecular formula is C13H19FN2O3S. The lowest BCUT2D eigenvalue weighted by Gasteiger charge is -2.30. The van der Waals surface area contributed by atoms with E-state index < -0.39 is 9.84 Å². The van der Waals surface area contributed by atoms with Crippen LogP contribution in [0.1, 0.15) is 0 Å². The van der Waals surface area contributed by atoms with Gasteiger partial charge in [-0.2, -0.15) is 0 Å². The normalized spacial score (nSPS) is 16.2. The first-order chi connectivity index (χ1) is 9.46. The van der Waals surface area contributed by atoms with Crippen LogP contribution in [0.25, 0.3) is 0 Å². The van der Waals surface area contributed by atoms with Gasteiger partial charge in [0.25, 0.3) is 0 Å². The largest absolute Gasteiger partial charge is 0.490 e. The molecule has 0 radical (unpaired) electrons. The van der Waals surface area contributed by atoms with Crippen molar-refractivity contribution in [3.05, 3.63) is 24.0 Å². The molecule has 0 saturated carbocycles. The van der Waals surface area contributed by atoms with Crippen LogP contribution in [0.15, 0.2) is 18.2 Å². The van der Waals surface area contributed by atoms with E-state index in [1.165, 1.54) is 12.1 Å². The van der Waals surface area contributed by atoms with Crippen LogP contribution in [0.5, 0.6) is 5.75 Å². The lowest BCUT2D eigenvalue weighted by molar-refractivity contribution is 0.340. The topological polar surface area (TPSA) is 58.6 Å². The molecule has 1 aromatic rings. The van der Waals surface area contributed by atoms with E-state index in [1.54, 1.807) is 6.07 Å². The molecule has 0 bridgehead atoms. The number of halogens is 1. The van der Waals surface area contributed by atoms with Crippen molar-refractivity contribution < 1.29 is 17.5 Å². The van der Waals surface area contributed by atoms with Gasteiger partial charge >= 0.3 is 0 Å². The molecule has 1 N–H and O–H groups in total. The quantitative estimate of drug-likeness (QED) is 0.866. The zero-order valence-corrected chi connectivity index (χ0v) is 12.2. The molecule has 1 saturated heterocycles. The van der Waals surface area contributed by atoms with E-state index >= 15 is 0 Å². The summed E-state index contributed by atoms with van der Waals surface area (Å²) in [5.41, 5.74) is 0.681. The zero-order chi connectivity index (χ0) is 14.6. The number of hydrogen-bond donors (Lipinski definition) is 1. The number of nitrogens with one attached hydrogen (secondary N) is 1. The number of rotatable bonds is 5. The Morgan fingerprint density at radius 2 is 2.05 bits per heavy atom. The molecule has 20 heavy (non-hydrogen) atoms. The fraction of sp³-hybridized carbons (Fsp3) is 0.538. The smallest absolute Gasteiger partial charge is 0.150 e. The summed E-state index contributed by atoms with van der Waals surface area (Å²) >= 11 is 0. The Bertz CT molecular complexity index is 557.